The van der Waals surface area contributed by atoms with Gasteiger partial charge in [-0.15, -0.1) is 0 Å². The second-order valence-electron chi connectivity index (χ2n) is 8.87. The van der Waals surface area contributed by atoms with Gasteiger partial charge in [-0.25, -0.2) is 4.98 Å². The Kier molecular flexibility index (Phi) is 8.85. The Balaban J connectivity index is 0.00000158. The Bertz CT molecular complexity index is 1160. The van der Waals surface area contributed by atoms with Crippen LogP contribution in [0.25, 0.3) is 11.0 Å². The molecule has 1 amide bonds. The van der Waals surface area contributed by atoms with Crippen LogP contribution in [-0.2, 0) is 6.54 Å². The molecular weight excluding hydrogens is 426 g/mol. The number of nitrogens with zero attached hydrogens (tertiary/aromatic N) is 2. The molecule has 6 nitrogen and oxygen atoms in total. The first kappa shape index (κ1) is 25.5. The van der Waals surface area contributed by atoms with Crippen LogP contribution >= 0.6 is 0 Å². The Hall–Kier alpha value is -3.15. The molecule has 0 radical (unpaired) electrons. The van der Waals surface area contributed by atoms with Gasteiger partial charge in [0.1, 0.15) is 17.0 Å². The number of pyridine rings is 2. The Morgan fingerprint density at radius 1 is 1.12 bits per heavy atom. The lowest BCUT2D eigenvalue weighted by molar-refractivity contribution is 0.0924. The molecule has 3 aromatic rings. The highest BCUT2D eigenvalue weighted by Crippen LogP contribution is 2.27. The molecule has 2 aromatic heterocycles. The van der Waals surface area contributed by atoms with E-state index in [-0.39, 0.29) is 29.0 Å². The number of aromatic nitrogens is 2. The smallest absolute Gasteiger partial charge is 0.265 e. The van der Waals surface area contributed by atoms with Crippen LogP contribution in [0.1, 0.15) is 87.2 Å². The summed E-state index contributed by atoms with van der Waals surface area (Å²) in [4.78, 5) is 31.7. The summed E-state index contributed by atoms with van der Waals surface area (Å²) in [5.74, 6) is 0.503. The van der Waals surface area contributed by atoms with Crippen molar-refractivity contribution in [2.45, 2.75) is 78.3 Å². The maximum Gasteiger partial charge on any atom is 0.265 e. The van der Waals surface area contributed by atoms with Gasteiger partial charge >= 0.3 is 0 Å². The van der Waals surface area contributed by atoms with E-state index in [2.05, 4.69) is 10.3 Å². The van der Waals surface area contributed by atoms with Crippen LogP contribution in [0.5, 0.6) is 5.75 Å². The normalized spacial score (nSPS) is 13.9. The van der Waals surface area contributed by atoms with Crippen LogP contribution in [0.4, 0.5) is 0 Å². The van der Waals surface area contributed by atoms with Gasteiger partial charge in [-0.1, -0.05) is 59.1 Å². The van der Waals surface area contributed by atoms with Crippen molar-refractivity contribution in [1.82, 2.24) is 14.9 Å². The molecule has 1 aromatic carbocycles. The molecule has 1 aliphatic carbocycles. The van der Waals surface area contributed by atoms with Crippen molar-refractivity contribution in [3.63, 3.8) is 0 Å². The molecule has 0 atom stereocenters. The predicted octanol–water partition coefficient (Wildman–Crippen LogP) is 5.67. The van der Waals surface area contributed by atoms with E-state index in [0.29, 0.717) is 12.2 Å². The van der Waals surface area contributed by atoms with Crippen molar-refractivity contribution in [2.75, 3.05) is 7.11 Å². The van der Waals surface area contributed by atoms with Gasteiger partial charge in [0.2, 0.25) is 0 Å². The maximum absolute atomic E-state index is 13.8. The number of amides is 1. The lowest BCUT2D eigenvalue weighted by Gasteiger charge is -2.24. The third-order valence-corrected chi connectivity index (χ3v) is 6.31. The number of rotatable bonds is 6. The Labute approximate surface area is 202 Å². The third-order valence-electron chi connectivity index (χ3n) is 6.31. The van der Waals surface area contributed by atoms with Gasteiger partial charge in [0.05, 0.1) is 13.7 Å². The van der Waals surface area contributed by atoms with E-state index in [9.17, 15) is 9.59 Å². The van der Waals surface area contributed by atoms with E-state index in [1.54, 1.807) is 17.9 Å². The molecule has 34 heavy (non-hydrogen) atoms. The van der Waals surface area contributed by atoms with Crippen LogP contribution in [0.2, 0.25) is 0 Å². The minimum atomic E-state index is -0.288. The standard InChI is InChI=1S/C26H31N3O3.C2H6/c1-17(2)22-21-10-7-15-27-24(21)29(16-18-11-13-20(32-3)14-12-18)26(31)23(22)25(30)28-19-8-5-4-6-9-19;1-2/h7,10-15,17,19H,4-6,8-9,16H2,1-3H3,(H,28,30);1-2H3. The topological polar surface area (TPSA) is 73.2 Å². The number of carbonyl (C=O) groups is 1. The zero-order valence-electron chi connectivity index (χ0n) is 21.1. The molecule has 6 heteroatoms. The predicted molar refractivity (Wildman–Crippen MR) is 138 cm³/mol. The molecule has 0 unspecified atom stereocenters. The van der Waals surface area contributed by atoms with Gasteiger partial charge in [0, 0.05) is 17.6 Å². The summed E-state index contributed by atoms with van der Waals surface area (Å²) in [5, 5.41) is 4.00. The first-order valence-electron chi connectivity index (χ1n) is 12.4. The lowest BCUT2D eigenvalue weighted by Crippen LogP contribution is -2.41. The number of methoxy groups -OCH3 is 1. The largest absolute Gasteiger partial charge is 0.497 e. The van der Waals surface area contributed by atoms with Crippen LogP contribution < -0.4 is 15.6 Å². The summed E-state index contributed by atoms with van der Waals surface area (Å²) in [6.45, 7) is 8.37. The molecule has 2 heterocycles. The molecular formula is C28H37N3O3. The Morgan fingerprint density at radius 3 is 2.41 bits per heavy atom. The molecule has 0 saturated heterocycles. The summed E-state index contributed by atoms with van der Waals surface area (Å²) in [7, 11) is 1.62. The highest BCUT2D eigenvalue weighted by atomic mass is 16.5. The quantitative estimate of drug-likeness (QED) is 0.511. The molecule has 0 spiro atoms. The molecule has 1 saturated carbocycles. The fourth-order valence-corrected chi connectivity index (χ4v) is 4.69. The van der Waals surface area contributed by atoms with Crippen LogP contribution in [-0.4, -0.2) is 28.6 Å². The highest BCUT2D eigenvalue weighted by molar-refractivity contribution is 6.00. The van der Waals surface area contributed by atoms with Gasteiger partial charge in [0.15, 0.2) is 0 Å². The Morgan fingerprint density at radius 2 is 1.79 bits per heavy atom. The molecule has 0 bridgehead atoms. The van der Waals surface area contributed by atoms with E-state index in [0.717, 1.165) is 47.9 Å². The first-order valence-corrected chi connectivity index (χ1v) is 12.4. The number of benzene rings is 1. The van der Waals surface area contributed by atoms with Gasteiger partial charge in [-0.05, 0) is 54.2 Å². The number of fused-ring (bicyclic) bond motifs is 1. The number of carbonyl (C=O) groups excluding carboxylic acids is 1. The van der Waals surface area contributed by atoms with E-state index >= 15 is 0 Å². The van der Waals surface area contributed by atoms with Crippen molar-refractivity contribution in [3.8, 4) is 5.75 Å². The highest BCUT2D eigenvalue weighted by Gasteiger charge is 2.26. The second kappa shape index (κ2) is 11.8. The first-order chi connectivity index (χ1) is 16.5. The van der Waals surface area contributed by atoms with Crippen molar-refractivity contribution < 1.29 is 9.53 Å². The molecule has 0 aliphatic heterocycles. The van der Waals surface area contributed by atoms with E-state index in [1.165, 1.54) is 6.42 Å². The summed E-state index contributed by atoms with van der Waals surface area (Å²) < 4.78 is 6.87. The summed E-state index contributed by atoms with van der Waals surface area (Å²) in [6.07, 6.45) is 7.07. The van der Waals surface area contributed by atoms with Gasteiger partial charge in [0.25, 0.3) is 11.5 Å². The van der Waals surface area contributed by atoms with Crippen LogP contribution in [0.3, 0.4) is 0 Å². The number of ether oxygens (including phenoxy) is 1. The van der Waals surface area contributed by atoms with Crippen molar-refractivity contribution in [3.05, 3.63) is 69.6 Å². The zero-order chi connectivity index (χ0) is 24.7. The van der Waals surface area contributed by atoms with Gasteiger partial charge in [-0.2, -0.15) is 0 Å². The van der Waals surface area contributed by atoms with E-state index < -0.39 is 0 Å². The molecule has 4 rings (SSSR count). The molecule has 1 N–H and O–H groups in total. The van der Waals surface area contributed by atoms with Gasteiger partial charge in [-0.3, -0.25) is 14.2 Å². The van der Waals surface area contributed by atoms with Crippen molar-refractivity contribution in [2.24, 2.45) is 0 Å². The second-order valence-corrected chi connectivity index (χ2v) is 8.87. The van der Waals surface area contributed by atoms with Crippen molar-refractivity contribution in [1.29, 1.82) is 0 Å². The number of hydrogen-bond acceptors (Lipinski definition) is 4. The minimum absolute atomic E-state index is 0.0112. The number of hydrogen-bond donors (Lipinski definition) is 1. The summed E-state index contributed by atoms with van der Waals surface area (Å²) in [5.41, 5.74) is 2.28. The maximum atomic E-state index is 13.8. The average molecular weight is 464 g/mol. The SMILES string of the molecule is CC.COc1ccc(Cn2c(=O)c(C(=O)NC3CCCCC3)c(C(C)C)c3cccnc32)cc1. The fourth-order valence-electron chi connectivity index (χ4n) is 4.69. The number of nitrogens with one attached hydrogen (secondary N) is 1. The average Bonchev–Trinajstić information content (AvgIpc) is 2.87. The zero-order valence-corrected chi connectivity index (χ0v) is 21.1. The van der Waals surface area contributed by atoms with Crippen LogP contribution in [0.15, 0.2) is 47.4 Å². The fraction of sp³-hybridized carbons (Fsp3) is 0.464. The molecule has 1 fully saturated rings. The summed E-state index contributed by atoms with van der Waals surface area (Å²) in [6, 6.07) is 11.6. The van der Waals surface area contributed by atoms with Crippen LogP contribution in [0, 0.1) is 0 Å². The molecule has 182 valence electrons. The van der Waals surface area contributed by atoms with E-state index in [1.807, 2.05) is 64.1 Å². The lowest BCUT2D eigenvalue weighted by atomic mass is 9.92. The molecule has 1 aliphatic rings. The monoisotopic (exact) mass is 463 g/mol. The van der Waals surface area contributed by atoms with Gasteiger partial charge < -0.3 is 10.1 Å². The van der Waals surface area contributed by atoms with Crippen molar-refractivity contribution >= 4 is 16.9 Å². The third kappa shape index (κ3) is 5.49. The van der Waals surface area contributed by atoms with E-state index in [4.69, 9.17) is 4.74 Å². The summed E-state index contributed by atoms with van der Waals surface area (Å²) >= 11 is 0. The minimum Gasteiger partial charge on any atom is -0.497 e.